The maximum atomic E-state index is 13.1. The molecular weight excluding hydrogens is 379 g/mol. The highest BCUT2D eigenvalue weighted by Gasteiger charge is 2.32. The van der Waals surface area contributed by atoms with Crippen molar-refractivity contribution in [3.8, 4) is 0 Å². The number of halogens is 3. The van der Waals surface area contributed by atoms with Crippen LogP contribution >= 0.6 is 0 Å². The number of urea groups is 1. The number of hydrogen-bond donors (Lipinski definition) is 1. The number of nitrogens with one attached hydrogen (secondary N) is 1. The summed E-state index contributed by atoms with van der Waals surface area (Å²) >= 11 is 0. The Labute approximate surface area is 169 Å². The van der Waals surface area contributed by atoms with E-state index in [0.29, 0.717) is 6.54 Å². The third-order valence-electron chi connectivity index (χ3n) is 5.19. The van der Waals surface area contributed by atoms with Crippen LogP contribution in [0.1, 0.15) is 29.5 Å². The van der Waals surface area contributed by atoms with Gasteiger partial charge in [-0.1, -0.05) is 36.4 Å². The van der Waals surface area contributed by atoms with E-state index in [0.717, 1.165) is 30.4 Å². The fourth-order valence-electron chi connectivity index (χ4n) is 3.69. The molecule has 2 aromatic carbocycles. The molecule has 156 valence electrons. The first-order chi connectivity index (χ1) is 13.9. The van der Waals surface area contributed by atoms with E-state index in [1.54, 1.807) is 18.0 Å². The second kappa shape index (κ2) is 9.20. The lowest BCUT2D eigenvalue weighted by Crippen LogP contribution is -2.38. The van der Waals surface area contributed by atoms with Crippen molar-refractivity contribution in [3.05, 3.63) is 65.2 Å². The molecule has 0 unspecified atom stereocenters. The van der Waals surface area contributed by atoms with Gasteiger partial charge < -0.3 is 15.1 Å². The zero-order valence-corrected chi connectivity index (χ0v) is 16.5. The molecule has 1 fully saturated rings. The number of amides is 2. The number of rotatable bonds is 6. The number of carbonyl (C=O) groups is 1. The zero-order chi connectivity index (χ0) is 20.9. The highest BCUT2D eigenvalue weighted by Crippen LogP contribution is 2.32. The van der Waals surface area contributed by atoms with Crippen molar-refractivity contribution in [2.24, 2.45) is 0 Å². The van der Waals surface area contributed by atoms with E-state index in [1.807, 2.05) is 18.2 Å². The summed E-state index contributed by atoms with van der Waals surface area (Å²) < 4.78 is 39.2. The van der Waals surface area contributed by atoms with Crippen molar-refractivity contribution in [2.45, 2.75) is 32.0 Å². The van der Waals surface area contributed by atoms with Crippen molar-refractivity contribution in [1.82, 2.24) is 10.2 Å². The van der Waals surface area contributed by atoms with Crippen molar-refractivity contribution < 1.29 is 18.0 Å². The topological polar surface area (TPSA) is 35.6 Å². The quantitative estimate of drug-likeness (QED) is 0.757. The van der Waals surface area contributed by atoms with E-state index in [-0.39, 0.29) is 24.6 Å². The lowest BCUT2D eigenvalue weighted by molar-refractivity contribution is -0.138. The SMILES string of the molecule is CN(Cc1ccccc1N1CCCC1)C(=O)NCCc1ccccc1C(F)(F)F. The van der Waals surface area contributed by atoms with Gasteiger partial charge in [-0.15, -0.1) is 0 Å². The Morgan fingerprint density at radius 1 is 1.03 bits per heavy atom. The van der Waals surface area contributed by atoms with Gasteiger partial charge in [0.25, 0.3) is 0 Å². The van der Waals surface area contributed by atoms with Crippen LogP contribution in [0.3, 0.4) is 0 Å². The molecule has 0 aliphatic carbocycles. The average Bonchev–Trinajstić information content (AvgIpc) is 3.22. The monoisotopic (exact) mass is 405 g/mol. The number of nitrogens with zero attached hydrogens (tertiary/aromatic N) is 2. The number of benzene rings is 2. The summed E-state index contributed by atoms with van der Waals surface area (Å²) in [5.41, 5.74) is 1.74. The van der Waals surface area contributed by atoms with Gasteiger partial charge in [0, 0.05) is 38.9 Å². The third kappa shape index (κ3) is 5.43. The van der Waals surface area contributed by atoms with Gasteiger partial charge in [0.05, 0.1) is 5.56 Å². The molecule has 1 aliphatic rings. The van der Waals surface area contributed by atoms with E-state index < -0.39 is 11.7 Å². The van der Waals surface area contributed by atoms with Gasteiger partial charge in [-0.05, 0) is 42.5 Å². The van der Waals surface area contributed by atoms with Gasteiger partial charge in [-0.2, -0.15) is 13.2 Å². The summed E-state index contributed by atoms with van der Waals surface area (Å²) in [6.45, 7) is 2.62. The molecule has 0 aromatic heterocycles. The van der Waals surface area contributed by atoms with Gasteiger partial charge in [0.1, 0.15) is 0 Å². The molecule has 1 saturated heterocycles. The molecule has 0 saturated carbocycles. The largest absolute Gasteiger partial charge is 0.416 e. The molecule has 0 atom stereocenters. The normalized spacial score (nSPS) is 14.1. The number of carbonyl (C=O) groups excluding carboxylic acids is 1. The fraction of sp³-hybridized carbons (Fsp3) is 0.409. The summed E-state index contributed by atoms with van der Waals surface area (Å²) in [4.78, 5) is 16.3. The standard InChI is InChI=1S/C22H26F3N3O/c1-27(16-18-9-3-5-11-20(18)28-14-6-7-15-28)21(29)26-13-12-17-8-2-4-10-19(17)22(23,24)25/h2-5,8-11H,6-7,12-16H2,1H3,(H,26,29). The first-order valence-corrected chi connectivity index (χ1v) is 9.83. The summed E-state index contributed by atoms with van der Waals surface area (Å²) in [6, 6.07) is 13.2. The number of anilines is 1. The molecule has 2 amide bonds. The number of hydrogen-bond acceptors (Lipinski definition) is 2. The van der Waals surface area contributed by atoms with Crippen molar-refractivity contribution >= 4 is 11.7 Å². The molecule has 4 nitrogen and oxygen atoms in total. The van der Waals surface area contributed by atoms with E-state index >= 15 is 0 Å². The predicted molar refractivity (Wildman–Crippen MR) is 108 cm³/mol. The van der Waals surface area contributed by atoms with E-state index in [4.69, 9.17) is 0 Å². The second-order valence-corrected chi connectivity index (χ2v) is 7.32. The Morgan fingerprint density at radius 3 is 2.34 bits per heavy atom. The van der Waals surface area contributed by atoms with Crippen LogP contribution in [-0.4, -0.2) is 37.6 Å². The zero-order valence-electron chi connectivity index (χ0n) is 16.5. The molecule has 3 rings (SSSR count). The highest BCUT2D eigenvalue weighted by atomic mass is 19.4. The minimum Gasteiger partial charge on any atom is -0.371 e. The Hall–Kier alpha value is -2.70. The van der Waals surface area contributed by atoms with Gasteiger partial charge in [-0.3, -0.25) is 0 Å². The summed E-state index contributed by atoms with van der Waals surface area (Å²) in [5, 5.41) is 2.72. The molecule has 2 aromatic rings. The van der Waals surface area contributed by atoms with Crippen LogP contribution in [0.5, 0.6) is 0 Å². The lowest BCUT2D eigenvalue weighted by atomic mass is 10.0. The summed E-state index contributed by atoms with van der Waals surface area (Å²) in [6.07, 6.45) is -1.93. The first-order valence-electron chi connectivity index (χ1n) is 9.83. The molecule has 29 heavy (non-hydrogen) atoms. The minimum absolute atomic E-state index is 0.125. The number of para-hydroxylation sites is 1. The van der Waals surface area contributed by atoms with E-state index in [2.05, 4.69) is 16.3 Å². The Kier molecular flexibility index (Phi) is 6.67. The van der Waals surface area contributed by atoms with Crippen LogP contribution in [0.25, 0.3) is 0 Å². The molecule has 0 spiro atoms. The second-order valence-electron chi connectivity index (χ2n) is 7.32. The minimum atomic E-state index is -4.39. The van der Waals surface area contributed by atoms with Crippen LogP contribution in [0.4, 0.5) is 23.7 Å². The van der Waals surface area contributed by atoms with Gasteiger partial charge in [0.15, 0.2) is 0 Å². The molecule has 7 heteroatoms. The van der Waals surface area contributed by atoms with Gasteiger partial charge >= 0.3 is 12.2 Å². The van der Waals surface area contributed by atoms with Crippen LogP contribution in [0.15, 0.2) is 48.5 Å². The van der Waals surface area contributed by atoms with Crippen LogP contribution in [-0.2, 0) is 19.1 Å². The fourth-order valence-corrected chi connectivity index (χ4v) is 3.69. The van der Waals surface area contributed by atoms with Gasteiger partial charge in [-0.25, -0.2) is 4.79 Å². The smallest absolute Gasteiger partial charge is 0.371 e. The molecule has 1 aliphatic heterocycles. The molecule has 0 bridgehead atoms. The Bertz CT molecular complexity index is 832. The summed E-state index contributed by atoms with van der Waals surface area (Å²) in [7, 11) is 1.69. The Balaban J connectivity index is 1.56. The molecular formula is C22H26F3N3O. The van der Waals surface area contributed by atoms with Crippen molar-refractivity contribution in [3.63, 3.8) is 0 Å². The summed E-state index contributed by atoms with van der Waals surface area (Å²) in [5.74, 6) is 0. The molecule has 0 radical (unpaired) electrons. The number of alkyl halides is 3. The average molecular weight is 405 g/mol. The first kappa shape index (κ1) is 21.0. The van der Waals surface area contributed by atoms with Crippen LogP contribution in [0, 0.1) is 0 Å². The maximum absolute atomic E-state index is 13.1. The van der Waals surface area contributed by atoms with Crippen molar-refractivity contribution in [2.75, 3.05) is 31.6 Å². The van der Waals surface area contributed by atoms with Crippen LogP contribution < -0.4 is 10.2 Å². The van der Waals surface area contributed by atoms with Crippen LogP contribution in [0.2, 0.25) is 0 Å². The van der Waals surface area contributed by atoms with E-state index in [1.165, 1.54) is 25.0 Å². The highest BCUT2D eigenvalue weighted by molar-refractivity contribution is 5.74. The predicted octanol–water partition coefficient (Wildman–Crippen LogP) is 4.69. The third-order valence-corrected chi connectivity index (χ3v) is 5.19. The van der Waals surface area contributed by atoms with Crippen molar-refractivity contribution in [1.29, 1.82) is 0 Å². The van der Waals surface area contributed by atoms with E-state index in [9.17, 15) is 18.0 Å². The van der Waals surface area contributed by atoms with Gasteiger partial charge in [0.2, 0.25) is 0 Å². The lowest BCUT2D eigenvalue weighted by Gasteiger charge is -2.24. The molecule has 1 N–H and O–H groups in total. The maximum Gasteiger partial charge on any atom is 0.416 e. The Morgan fingerprint density at radius 2 is 1.66 bits per heavy atom. The molecule has 1 heterocycles.